The molecule has 12 heteroatoms. The Morgan fingerprint density at radius 3 is 1.97 bits per heavy atom. The van der Waals surface area contributed by atoms with Crippen LogP contribution < -0.4 is 0 Å². The van der Waals surface area contributed by atoms with E-state index in [1.54, 1.807) is 0 Å². The monoisotopic (exact) mass is 466 g/mol. The van der Waals surface area contributed by atoms with Crippen molar-refractivity contribution in [3.05, 3.63) is 12.2 Å². The van der Waals surface area contributed by atoms with Crippen molar-refractivity contribution in [3.8, 4) is 0 Å². The van der Waals surface area contributed by atoms with E-state index in [2.05, 4.69) is 6.58 Å². The average Bonchev–Trinajstić information content (AvgIpc) is 2.76. The fourth-order valence-electron chi connectivity index (χ4n) is 2.17. The van der Waals surface area contributed by atoms with Gasteiger partial charge >= 0.3 is 26.7 Å². The predicted octanol–water partition coefficient (Wildman–Crippen LogP) is 0.618. The first-order chi connectivity index (χ1) is 14.7. The number of aliphatic hydroxyl groups is 1. The zero-order valence-corrected chi connectivity index (χ0v) is 19.7. The van der Waals surface area contributed by atoms with Gasteiger partial charge in [-0.2, -0.15) is 0 Å². The number of carbonyl (C=O) groups excluding carboxylic acids is 3. The zero-order chi connectivity index (χ0) is 23.7. The molecule has 0 rings (SSSR count). The lowest BCUT2D eigenvalue weighted by Crippen LogP contribution is -2.42. The molecule has 0 amide bonds. The highest BCUT2D eigenvalue weighted by molar-refractivity contribution is 6.60. The number of esters is 3. The van der Waals surface area contributed by atoms with Crippen LogP contribution in [0.15, 0.2) is 12.2 Å². The Morgan fingerprint density at radius 1 is 0.871 bits per heavy atom. The second-order valence-electron chi connectivity index (χ2n) is 6.45. The molecule has 0 saturated heterocycles. The number of rotatable bonds is 18. The molecule has 11 nitrogen and oxygen atoms in total. The minimum Gasteiger partial charge on any atom is -0.463 e. The Kier molecular flexibility index (Phi) is 15.8. The van der Waals surface area contributed by atoms with Crippen LogP contribution >= 0.6 is 0 Å². The molecule has 180 valence electrons. The predicted molar refractivity (Wildman–Crippen MR) is 110 cm³/mol. The highest BCUT2D eigenvalue weighted by atomic mass is 28.4. The van der Waals surface area contributed by atoms with Crippen molar-refractivity contribution in [2.24, 2.45) is 0 Å². The number of hydrogen-bond donors (Lipinski definition) is 1. The van der Waals surface area contributed by atoms with Crippen LogP contribution in [0.2, 0.25) is 6.04 Å². The van der Waals surface area contributed by atoms with Crippen molar-refractivity contribution in [2.75, 3.05) is 54.4 Å². The van der Waals surface area contributed by atoms with E-state index < -0.39 is 32.8 Å². The second-order valence-corrected chi connectivity index (χ2v) is 9.54. The first-order valence-electron chi connectivity index (χ1n) is 9.74. The molecule has 0 bridgehead atoms. The molecule has 0 aromatic rings. The van der Waals surface area contributed by atoms with Gasteiger partial charge in [-0.3, -0.25) is 9.59 Å². The molecule has 0 aromatic carbocycles. The van der Waals surface area contributed by atoms with E-state index in [-0.39, 0.29) is 44.8 Å². The molecule has 0 aliphatic rings. The van der Waals surface area contributed by atoms with Gasteiger partial charge in [0, 0.05) is 39.6 Å². The van der Waals surface area contributed by atoms with E-state index in [1.807, 2.05) is 0 Å². The van der Waals surface area contributed by atoms with Crippen molar-refractivity contribution in [2.45, 2.75) is 38.3 Å². The molecule has 0 fully saturated rings. The van der Waals surface area contributed by atoms with Crippen LogP contribution in [0.3, 0.4) is 0 Å². The molecular formula is C19H34O11Si. The van der Waals surface area contributed by atoms with Crippen LogP contribution in [0, 0.1) is 0 Å². The summed E-state index contributed by atoms with van der Waals surface area (Å²) in [5.41, 5.74) is 0.244. The van der Waals surface area contributed by atoms with Gasteiger partial charge in [0.1, 0.15) is 25.9 Å². The SMILES string of the molecule is C=C(C)C(=O)OCCOC(=O)CCC(=O)OCC(O)COCCC[Si](OC)(OC)OC. The van der Waals surface area contributed by atoms with Crippen LogP contribution in [0.5, 0.6) is 0 Å². The summed E-state index contributed by atoms with van der Waals surface area (Å²) < 4.78 is 35.7. The summed E-state index contributed by atoms with van der Waals surface area (Å²) in [6.45, 7) is 4.79. The summed E-state index contributed by atoms with van der Waals surface area (Å²) in [7, 11) is 1.94. The highest BCUT2D eigenvalue weighted by Crippen LogP contribution is 2.14. The minimum atomic E-state index is -2.64. The summed E-state index contributed by atoms with van der Waals surface area (Å²) in [6.07, 6.45) is -0.768. The average molecular weight is 467 g/mol. The first kappa shape index (κ1) is 29.2. The standard InChI is InChI=1S/C19H34O11Si/c1-15(2)19(23)29-11-10-28-17(21)7-8-18(22)30-14-16(20)13-27-9-6-12-31(24-3,25-4)26-5/h16,20H,1,6-14H2,2-5H3. The maximum atomic E-state index is 11.6. The fourth-order valence-corrected chi connectivity index (χ4v) is 3.85. The zero-order valence-electron chi connectivity index (χ0n) is 18.7. The normalized spacial score (nSPS) is 12.2. The van der Waals surface area contributed by atoms with Crippen molar-refractivity contribution in [1.29, 1.82) is 0 Å². The maximum absolute atomic E-state index is 11.6. The van der Waals surface area contributed by atoms with Gasteiger partial charge in [-0.15, -0.1) is 0 Å². The Bertz CT molecular complexity index is 555. The van der Waals surface area contributed by atoms with Crippen LogP contribution in [0.1, 0.15) is 26.2 Å². The lowest BCUT2D eigenvalue weighted by atomic mass is 10.3. The van der Waals surface area contributed by atoms with Crippen LogP contribution in [-0.4, -0.2) is 92.3 Å². The molecule has 0 aromatic heterocycles. The smallest absolute Gasteiger partial charge is 0.463 e. The Balaban J connectivity index is 3.79. The lowest BCUT2D eigenvalue weighted by Gasteiger charge is -2.24. The number of aliphatic hydroxyl groups excluding tert-OH is 1. The van der Waals surface area contributed by atoms with E-state index in [0.717, 1.165) is 0 Å². The third kappa shape index (κ3) is 14.0. The van der Waals surface area contributed by atoms with E-state index in [9.17, 15) is 19.5 Å². The molecule has 1 unspecified atom stereocenters. The van der Waals surface area contributed by atoms with Crippen molar-refractivity contribution < 1.29 is 51.7 Å². The fraction of sp³-hybridized carbons (Fsp3) is 0.737. The lowest BCUT2D eigenvalue weighted by molar-refractivity contribution is -0.154. The minimum absolute atomic E-state index is 0.0142. The molecule has 0 heterocycles. The Morgan fingerprint density at radius 2 is 1.42 bits per heavy atom. The van der Waals surface area contributed by atoms with Crippen molar-refractivity contribution in [1.82, 2.24) is 0 Å². The molecule has 0 saturated carbocycles. The van der Waals surface area contributed by atoms with Crippen molar-refractivity contribution in [3.63, 3.8) is 0 Å². The van der Waals surface area contributed by atoms with Crippen molar-refractivity contribution >= 4 is 26.7 Å². The largest absolute Gasteiger partial charge is 0.500 e. The summed E-state index contributed by atoms with van der Waals surface area (Å²) in [5.74, 6) is -1.85. The first-order valence-corrected chi connectivity index (χ1v) is 11.7. The summed E-state index contributed by atoms with van der Waals surface area (Å²) in [5, 5.41) is 9.79. The van der Waals surface area contributed by atoms with Crippen LogP contribution in [-0.2, 0) is 46.6 Å². The molecule has 1 atom stereocenters. The molecule has 1 N–H and O–H groups in total. The quantitative estimate of drug-likeness (QED) is 0.100. The molecule has 0 radical (unpaired) electrons. The summed E-state index contributed by atoms with van der Waals surface area (Å²) in [6, 6.07) is 0.564. The van der Waals surface area contributed by atoms with E-state index in [0.29, 0.717) is 19.1 Å². The van der Waals surface area contributed by atoms with Gasteiger partial charge in [-0.25, -0.2) is 4.79 Å². The summed E-state index contributed by atoms with van der Waals surface area (Å²) in [4.78, 5) is 34.3. The van der Waals surface area contributed by atoms with E-state index in [1.165, 1.54) is 28.3 Å². The molecule has 31 heavy (non-hydrogen) atoms. The number of ether oxygens (including phenoxy) is 4. The van der Waals surface area contributed by atoms with Gasteiger partial charge in [-0.1, -0.05) is 6.58 Å². The third-order valence-electron chi connectivity index (χ3n) is 3.91. The molecule has 0 aliphatic heterocycles. The topological polar surface area (TPSA) is 136 Å². The van der Waals surface area contributed by atoms with Crippen LogP contribution in [0.4, 0.5) is 0 Å². The van der Waals surface area contributed by atoms with E-state index in [4.69, 9.17) is 32.2 Å². The second kappa shape index (κ2) is 16.8. The number of hydrogen-bond acceptors (Lipinski definition) is 11. The third-order valence-corrected chi connectivity index (χ3v) is 6.74. The number of carbonyl (C=O) groups is 3. The van der Waals surface area contributed by atoms with Gasteiger partial charge < -0.3 is 37.3 Å². The molecule has 0 aliphatic carbocycles. The molecular weight excluding hydrogens is 432 g/mol. The van der Waals surface area contributed by atoms with E-state index >= 15 is 0 Å². The van der Waals surface area contributed by atoms with Gasteiger partial charge in [0.15, 0.2) is 0 Å². The summed E-state index contributed by atoms with van der Waals surface area (Å²) >= 11 is 0. The van der Waals surface area contributed by atoms with Crippen LogP contribution in [0.25, 0.3) is 0 Å². The van der Waals surface area contributed by atoms with Gasteiger partial charge in [0.25, 0.3) is 0 Å². The van der Waals surface area contributed by atoms with Gasteiger partial charge in [0.05, 0.1) is 19.4 Å². The van der Waals surface area contributed by atoms with Gasteiger partial charge in [-0.05, 0) is 13.3 Å². The highest BCUT2D eigenvalue weighted by Gasteiger charge is 2.36. The maximum Gasteiger partial charge on any atom is 0.500 e. The Hall–Kier alpha value is -1.83. The Labute approximate surface area is 183 Å². The van der Waals surface area contributed by atoms with Gasteiger partial charge in [0.2, 0.25) is 0 Å². The molecule has 0 spiro atoms.